The second-order valence-electron chi connectivity index (χ2n) is 6.50. The lowest BCUT2D eigenvalue weighted by molar-refractivity contribution is -0.143. The molecule has 3 N–H and O–H groups in total. The lowest BCUT2D eigenvalue weighted by Crippen LogP contribution is -2.44. The van der Waals surface area contributed by atoms with Crippen LogP contribution in [0.15, 0.2) is 30.9 Å². The van der Waals surface area contributed by atoms with Crippen LogP contribution in [-0.2, 0) is 17.1 Å². The van der Waals surface area contributed by atoms with E-state index in [4.69, 9.17) is 5.73 Å². The third kappa shape index (κ3) is 8.16. The maximum atomic E-state index is 12.9. The number of unbranched alkanes of at least 4 members (excludes halogenated alkanes) is 4. The lowest BCUT2D eigenvalue weighted by atomic mass is 10.0. The van der Waals surface area contributed by atoms with Crippen LogP contribution >= 0.6 is 0 Å². The minimum Gasteiger partial charge on any atom is -0.368 e. The van der Waals surface area contributed by atoms with E-state index < -0.39 is 46.9 Å². The topological polar surface area (TPSA) is 72.2 Å². The van der Waals surface area contributed by atoms with Crippen molar-refractivity contribution in [2.24, 2.45) is 5.73 Å². The summed E-state index contributed by atoms with van der Waals surface area (Å²) in [5.41, 5.74) is 1.11. The van der Waals surface area contributed by atoms with Crippen LogP contribution in [0.3, 0.4) is 0 Å². The molecule has 4 nitrogen and oxygen atoms in total. The van der Waals surface area contributed by atoms with Gasteiger partial charge in [-0.2, -0.15) is 26.3 Å². The molecule has 0 spiro atoms. The number of carbonyl (C=O) groups is 2. The molecule has 10 heteroatoms. The molecule has 0 unspecified atom stereocenters. The van der Waals surface area contributed by atoms with Gasteiger partial charge >= 0.3 is 12.4 Å². The number of amides is 2. The van der Waals surface area contributed by atoms with Crippen molar-refractivity contribution in [1.82, 2.24) is 5.32 Å². The Morgan fingerprint density at radius 2 is 1.48 bits per heavy atom. The number of nitrogens with one attached hydrogen (secondary N) is 1. The monoisotopic (exact) mass is 424 g/mol. The molecule has 0 saturated carbocycles. The van der Waals surface area contributed by atoms with Gasteiger partial charge in [-0.05, 0) is 37.5 Å². The number of allylic oxidation sites excluding steroid dienone is 1. The lowest BCUT2D eigenvalue weighted by Gasteiger charge is -2.17. The van der Waals surface area contributed by atoms with E-state index in [1.807, 2.05) is 0 Å². The zero-order chi connectivity index (χ0) is 22.2. The first-order chi connectivity index (χ1) is 13.4. The average Bonchev–Trinajstić information content (AvgIpc) is 2.61. The molecule has 1 aromatic rings. The summed E-state index contributed by atoms with van der Waals surface area (Å²) in [7, 11) is 0. The van der Waals surface area contributed by atoms with Crippen molar-refractivity contribution in [2.75, 3.05) is 0 Å². The molecule has 0 aliphatic heterocycles. The molecule has 1 aromatic carbocycles. The maximum absolute atomic E-state index is 12.9. The molecular formula is C19H22F6N2O2. The highest BCUT2D eigenvalue weighted by Gasteiger charge is 2.37. The normalized spacial score (nSPS) is 13.0. The summed E-state index contributed by atoms with van der Waals surface area (Å²) in [6.45, 7) is 3.58. The fourth-order valence-electron chi connectivity index (χ4n) is 2.60. The maximum Gasteiger partial charge on any atom is 0.416 e. The molecule has 1 atom stereocenters. The number of nitrogens with two attached hydrogens (primary N) is 1. The van der Waals surface area contributed by atoms with Gasteiger partial charge in [0.15, 0.2) is 0 Å². The first-order valence-electron chi connectivity index (χ1n) is 8.86. The van der Waals surface area contributed by atoms with Gasteiger partial charge < -0.3 is 11.1 Å². The van der Waals surface area contributed by atoms with Crippen LogP contribution in [0.5, 0.6) is 0 Å². The third-order valence-electron chi connectivity index (χ3n) is 4.15. The average molecular weight is 424 g/mol. The van der Waals surface area contributed by atoms with Gasteiger partial charge in [0.05, 0.1) is 11.1 Å². The number of hydrogen-bond donors (Lipinski definition) is 2. The molecule has 1 rings (SSSR count). The Hall–Kier alpha value is -2.52. The van der Waals surface area contributed by atoms with Crippen molar-refractivity contribution < 1.29 is 35.9 Å². The highest BCUT2D eigenvalue weighted by molar-refractivity contribution is 5.97. The molecule has 0 aliphatic carbocycles. The van der Waals surface area contributed by atoms with Crippen LogP contribution in [0.1, 0.15) is 60.0 Å². The van der Waals surface area contributed by atoms with E-state index in [1.165, 1.54) is 0 Å². The largest absolute Gasteiger partial charge is 0.416 e. The Kier molecular flexibility index (Phi) is 8.72. The second-order valence-corrected chi connectivity index (χ2v) is 6.50. The fourth-order valence-corrected chi connectivity index (χ4v) is 2.60. The Morgan fingerprint density at radius 1 is 0.966 bits per heavy atom. The quantitative estimate of drug-likeness (QED) is 0.321. The van der Waals surface area contributed by atoms with Crippen molar-refractivity contribution in [2.45, 2.75) is 56.9 Å². The first-order valence-corrected chi connectivity index (χ1v) is 8.86. The van der Waals surface area contributed by atoms with Gasteiger partial charge in [0.25, 0.3) is 5.91 Å². The molecule has 0 fully saturated rings. The summed E-state index contributed by atoms with van der Waals surface area (Å²) in [6, 6.07) is -0.674. The standard InChI is InChI=1S/C19H22F6N2O2/c1-2-3-4-5-6-7-8-15(16(26)28)27-17(29)12-9-13(18(20,21)22)11-14(10-12)19(23,24)25/h2,9-11,15H,1,3-8H2,(H2,26,28)(H,27,29)/t15-/m0/s1. The smallest absolute Gasteiger partial charge is 0.368 e. The minimum atomic E-state index is -5.08. The van der Waals surface area contributed by atoms with Gasteiger partial charge in [0.2, 0.25) is 5.91 Å². The van der Waals surface area contributed by atoms with E-state index >= 15 is 0 Å². The molecule has 0 aromatic heterocycles. The number of rotatable bonds is 10. The SMILES string of the molecule is C=CCCCCCC[C@H](NC(=O)c1cc(C(F)(F)F)cc(C(F)(F)F)c1)C(N)=O. The van der Waals surface area contributed by atoms with Crippen molar-refractivity contribution in [3.8, 4) is 0 Å². The number of halogens is 6. The van der Waals surface area contributed by atoms with E-state index in [2.05, 4.69) is 11.9 Å². The van der Waals surface area contributed by atoms with Crippen molar-refractivity contribution in [3.63, 3.8) is 0 Å². The van der Waals surface area contributed by atoms with E-state index in [9.17, 15) is 35.9 Å². The van der Waals surface area contributed by atoms with Crippen LogP contribution in [0.2, 0.25) is 0 Å². The van der Waals surface area contributed by atoms with Gasteiger partial charge in [0.1, 0.15) is 6.04 Å². The fraction of sp³-hybridized carbons (Fsp3) is 0.474. The molecule has 0 aliphatic rings. The van der Waals surface area contributed by atoms with Gasteiger partial charge in [-0.1, -0.05) is 25.3 Å². The van der Waals surface area contributed by atoms with Crippen LogP contribution in [0.4, 0.5) is 26.3 Å². The molecular weight excluding hydrogens is 402 g/mol. The van der Waals surface area contributed by atoms with Gasteiger partial charge in [-0.25, -0.2) is 0 Å². The Bertz CT molecular complexity index is 696. The summed E-state index contributed by atoms with van der Waals surface area (Å²) in [4.78, 5) is 23.7. The predicted molar refractivity (Wildman–Crippen MR) is 94.8 cm³/mol. The van der Waals surface area contributed by atoms with Gasteiger partial charge in [-0.15, -0.1) is 6.58 Å². The van der Waals surface area contributed by atoms with Crippen LogP contribution in [-0.4, -0.2) is 17.9 Å². The molecule has 0 bridgehead atoms. The Balaban J connectivity index is 2.94. The number of alkyl halides is 6. The van der Waals surface area contributed by atoms with Crippen LogP contribution in [0, 0.1) is 0 Å². The molecule has 2 amide bonds. The third-order valence-corrected chi connectivity index (χ3v) is 4.15. The minimum absolute atomic E-state index is 0.0778. The van der Waals surface area contributed by atoms with E-state index in [-0.39, 0.29) is 12.5 Å². The molecule has 0 saturated heterocycles. The number of benzene rings is 1. The molecule has 0 heterocycles. The highest BCUT2D eigenvalue weighted by atomic mass is 19.4. The second kappa shape index (κ2) is 10.3. The van der Waals surface area contributed by atoms with Crippen molar-refractivity contribution >= 4 is 11.8 Å². The summed E-state index contributed by atoms with van der Waals surface area (Å²) < 4.78 is 77.4. The predicted octanol–water partition coefficient (Wildman–Crippen LogP) is 4.83. The van der Waals surface area contributed by atoms with Gasteiger partial charge in [-0.3, -0.25) is 9.59 Å². The van der Waals surface area contributed by atoms with Crippen molar-refractivity contribution in [3.05, 3.63) is 47.5 Å². The van der Waals surface area contributed by atoms with Gasteiger partial charge in [0, 0.05) is 5.56 Å². The number of hydrogen-bond acceptors (Lipinski definition) is 2. The van der Waals surface area contributed by atoms with Crippen LogP contribution in [0.25, 0.3) is 0 Å². The van der Waals surface area contributed by atoms with Crippen molar-refractivity contribution in [1.29, 1.82) is 0 Å². The molecule has 0 radical (unpaired) electrons. The summed E-state index contributed by atoms with van der Waals surface area (Å²) in [5, 5.41) is 2.13. The van der Waals surface area contributed by atoms with E-state index in [1.54, 1.807) is 6.08 Å². The van der Waals surface area contributed by atoms with Crippen LogP contribution < -0.4 is 11.1 Å². The number of primary amides is 1. The summed E-state index contributed by atoms with van der Waals surface area (Å²) >= 11 is 0. The first kappa shape index (κ1) is 24.5. The Morgan fingerprint density at radius 3 is 1.93 bits per heavy atom. The Labute approximate surface area is 164 Å². The zero-order valence-corrected chi connectivity index (χ0v) is 15.5. The zero-order valence-electron chi connectivity index (χ0n) is 15.5. The summed E-state index contributed by atoms with van der Waals surface area (Å²) in [5.74, 6) is -2.16. The van der Waals surface area contributed by atoms with E-state index in [0.717, 1.165) is 25.7 Å². The number of carbonyl (C=O) groups excluding carboxylic acids is 2. The van der Waals surface area contributed by atoms with E-state index in [0.29, 0.717) is 18.6 Å². The summed E-state index contributed by atoms with van der Waals surface area (Å²) in [6.07, 6.45) is -4.49. The molecule has 162 valence electrons. The highest BCUT2D eigenvalue weighted by Crippen LogP contribution is 2.36. The molecule has 29 heavy (non-hydrogen) atoms.